The van der Waals surface area contributed by atoms with E-state index in [0.29, 0.717) is 5.92 Å². The van der Waals surface area contributed by atoms with Crippen molar-refractivity contribution in [1.82, 2.24) is 9.59 Å². The maximum absolute atomic E-state index is 9.94. The molecule has 1 rings (SSSR count). The Kier molecular flexibility index (Phi) is 5.79. The van der Waals surface area contributed by atoms with Crippen LogP contribution in [-0.4, -0.2) is 14.7 Å². The van der Waals surface area contributed by atoms with Crippen LogP contribution in [-0.2, 0) is 0 Å². The van der Waals surface area contributed by atoms with Gasteiger partial charge in [-0.1, -0.05) is 44.0 Å². The van der Waals surface area contributed by atoms with E-state index in [0.717, 1.165) is 17.7 Å². The molecule has 0 aliphatic carbocycles. The second-order valence-corrected chi connectivity index (χ2v) is 4.81. The van der Waals surface area contributed by atoms with Crippen molar-refractivity contribution in [3.05, 3.63) is 11.1 Å². The highest BCUT2D eigenvalue weighted by atomic mass is 32.1. The fourth-order valence-electron chi connectivity index (χ4n) is 1.73. The Bertz CT molecular complexity index is 251. The van der Waals surface area contributed by atoms with E-state index in [9.17, 15) is 5.11 Å². The number of aromatic nitrogens is 2. The normalized spacial score (nSPS) is 15.1. The summed E-state index contributed by atoms with van der Waals surface area (Å²) in [5, 5.41) is 13.7. The second-order valence-electron chi connectivity index (χ2n) is 3.99. The number of hydrogen-bond acceptors (Lipinski definition) is 4. The van der Waals surface area contributed by atoms with Gasteiger partial charge in [0.25, 0.3) is 0 Å². The van der Waals surface area contributed by atoms with Crippen LogP contribution < -0.4 is 0 Å². The van der Waals surface area contributed by atoms with E-state index in [4.69, 9.17) is 0 Å². The molecule has 0 radical (unpaired) electrons. The maximum atomic E-state index is 9.94. The first-order valence-electron chi connectivity index (χ1n) is 5.73. The van der Waals surface area contributed by atoms with E-state index < -0.39 is 0 Å². The average molecular weight is 228 g/mol. The number of aliphatic hydroxyl groups is 1. The fourth-order valence-corrected chi connectivity index (χ4v) is 2.24. The molecule has 4 heteroatoms. The molecule has 3 nitrogen and oxygen atoms in total. The first-order valence-corrected chi connectivity index (χ1v) is 6.50. The molecule has 0 fully saturated rings. The number of rotatable bonds is 7. The van der Waals surface area contributed by atoms with E-state index in [1.54, 1.807) is 6.20 Å². The number of hydrogen-bond donors (Lipinski definition) is 1. The molecule has 1 N–H and O–H groups in total. The SMILES string of the molecule is CCCCC(CC)CC(O)c1cnns1. The van der Waals surface area contributed by atoms with Gasteiger partial charge in [0.1, 0.15) is 0 Å². The molecule has 15 heavy (non-hydrogen) atoms. The molecule has 2 unspecified atom stereocenters. The van der Waals surface area contributed by atoms with Gasteiger partial charge in [0.2, 0.25) is 0 Å². The van der Waals surface area contributed by atoms with Gasteiger partial charge < -0.3 is 5.11 Å². The van der Waals surface area contributed by atoms with E-state index in [1.165, 1.54) is 30.8 Å². The topological polar surface area (TPSA) is 46.0 Å². The van der Waals surface area contributed by atoms with Crippen molar-refractivity contribution in [2.24, 2.45) is 5.92 Å². The lowest BCUT2D eigenvalue weighted by Gasteiger charge is -2.17. The third-order valence-corrected chi connectivity index (χ3v) is 3.57. The first kappa shape index (κ1) is 12.6. The molecule has 86 valence electrons. The first-order chi connectivity index (χ1) is 7.27. The van der Waals surface area contributed by atoms with E-state index in [1.807, 2.05) is 0 Å². The molecule has 1 aromatic heterocycles. The fraction of sp³-hybridized carbons (Fsp3) is 0.818. The van der Waals surface area contributed by atoms with Crippen LogP contribution >= 0.6 is 11.5 Å². The predicted octanol–water partition coefficient (Wildman–Crippen LogP) is 3.18. The van der Waals surface area contributed by atoms with Crippen molar-refractivity contribution in [2.45, 2.75) is 52.1 Å². The highest BCUT2D eigenvalue weighted by Crippen LogP contribution is 2.27. The number of aliphatic hydroxyl groups excluding tert-OH is 1. The lowest BCUT2D eigenvalue weighted by Crippen LogP contribution is -2.05. The van der Waals surface area contributed by atoms with Gasteiger partial charge in [-0.15, -0.1) is 5.10 Å². The lowest BCUT2D eigenvalue weighted by molar-refractivity contribution is 0.142. The molecule has 0 aliphatic rings. The zero-order chi connectivity index (χ0) is 11.1. The van der Waals surface area contributed by atoms with Crippen LogP contribution in [0.3, 0.4) is 0 Å². The van der Waals surface area contributed by atoms with Gasteiger partial charge in [-0.3, -0.25) is 0 Å². The average Bonchev–Trinajstić information content (AvgIpc) is 2.77. The van der Waals surface area contributed by atoms with E-state index in [2.05, 4.69) is 23.4 Å². The molecular weight excluding hydrogens is 208 g/mol. The molecule has 0 spiro atoms. The van der Waals surface area contributed by atoms with Crippen LogP contribution in [0.15, 0.2) is 6.20 Å². The van der Waals surface area contributed by atoms with Gasteiger partial charge in [0.15, 0.2) is 0 Å². The van der Waals surface area contributed by atoms with Crippen LogP contribution in [0.25, 0.3) is 0 Å². The van der Waals surface area contributed by atoms with Gasteiger partial charge in [-0.05, 0) is 23.9 Å². The molecule has 0 saturated carbocycles. The summed E-state index contributed by atoms with van der Waals surface area (Å²) in [5.74, 6) is 0.627. The van der Waals surface area contributed by atoms with E-state index >= 15 is 0 Å². The Labute approximate surface area is 95.7 Å². The van der Waals surface area contributed by atoms with Crippen molar-refractivity contribution in [3.8, 4) is 0 Å². The summed E-state index contributed by atoms with van der Waals surface area (Å²) in [6.45, 7) is 4.40. The molecule has 0 bridgehead atoms. The summed E-state index contributed by atoms with van der Waals surface area (Å²) in [4.78, 5) is 0.893. The molecule has 1 aromatic rings. The monoisotopic (exact) mass is 228 g/mol. The van der Waals surface area contributed by atoms with Crippen molar-refractivity contribution < 1.29 is 5.11 Å². The van der Waals surface area contributed by atoms with Crippen LogP contribution in [0.5, 0.6) is 0 Å². The lowest BCUT2D eigenvalue weighted by atomic mass is 9.93. The summed E-state index contributed by atoms with van der Waals surface area (Å²) < 4.78 is 3.77. The number of unbranched alkanes of at least 4 members (excludes halogenated alkanes) is 1. The minimum atomic E-state index is -0.369. The standard InChI is InChI=1S/C11H20N2OS/c1-3-5-6-9(4-2)7-10(14)11-8-12-13-15-11/h8-10,14H,3-7H2,1-2H3. The minimum Gasteiger partial charge on any atom is -0.387 e. The molecule has 0 amide bonds. The molecular formula is C11H20N2OS. The summed E-state index contributed by atoms with van der Waals surface area (Å²) in [5.41, 5.74) is 0. The second kappa shape index (κ2) is 6.90. The molecule has 0 aromatic carbocycles. The summed E-state index contributed by atoms with van der Waals surface area (Å²) in [6, 6.07) is 0. The van der Waals surface area contributed by atoms with Gasteiger partial charge in [-0.25, -0.2) is 0 Å². The van der Waals surface area contributed by atoms with Crippen molar-refractivity contribution in [2.75, 3.05) is 0 Å². The summed E-state index contributed by atoms with van der Waals surface area (Å²) in [7, 11) is 0. The van der Waals surface area contributed by atoms with Crippen LogP contribution in [0.2, 0.25) is 0 Å². The molecule has 1 heterocycles. The maximum Gasteiger partial charge on any atom is 0.0916 e. The third-order valence-electron chi connectivity index (χ3n) is 2.81. The quantitative estimate of drug-likeness (QED) is 0.779. The van der Waals surface area contributed by atoms with Crippen molar-refractivity contribution in [1.29, 1.82) is 0 Å². The third kappa shape index (κ3) is 4.26. The predicted molar refractivity (Wildman–Crippen MR) is 62.8 cm³/mol. The van der Waals surface area contributed by atoms with Crippen molar-refractivity contribution >= 4 is 11.5 Å². The van der Waals surface area contributed by atoms with Crippen LogP contribution in [0, 0.1) is 5.92 Å². The Balaban J connectivity index is 2.37. The molecule has 0 saturated heterocycles. The van der Waals surface area contributed by atoms with Gasteiger partial charge in [-0.2, -0.15) is 0 Å². The van der Waals surface area contributed by atoms with Crippen LogP contribution in [0.4, 0.5) is 0 Å². The number of nitrogens with zero attached hydrogens (tertiary/aromatic N) is 2. The van der Waals surface area contributed by atoms with Crippen LogP contribution in [0.1, 0.15) is 56.9 Å². The van der Waals surface area contributed by atoms with E-state index in [-0.39, 0.29) is 6.10 Å². The molecule has 2 atom stereocenters. The smallest absolute Gasteiger partial charge is 0.0916 e. The highest BCUT2D eigenvalue weighted by molar-refractivity contribution is 7.05. The van der Waals surface area contributed by atoms with Crippen molar-refractivity contribution in [3.63, 3.8) is 0 Å². The Morgan fingerprint density at radius 3 is 2.80 bits per heavy atom. The Morgan fingerprint density at radius 2 is 2.27 bits per heavy atom. The minimum absolute atomic E-state index is 0.369. The summed E-state index contributed by atoms with van der Waals surface area (Å²) >= 11 is 1.30. The summed E-state index contributed by atoms with van der Waals surface area (Å²) in [6.07, 6.45) is 7.00. The molecule has 0 aliphatic heterocycles. The van der Waals surface area contributed by atoms with Gasteiger partial charge in [0, 0.05) is 0 Å². The van der Waals surface area contributed by atoms with Gasteiger partial charge >= 0.3 is 0 Å². The zero-order valence-corrected chi connectivity index (χ0v) is 10.3. The largest absolute Gasteiger partial charge is 0.387 e. The Hall–Kier alpha value is -0.480. The zero-order valence-electron chi connectivity index (χ0n) is 9.52. The highest BCUT2D eigenvalue weighted by Gasteiger charge is 2.15. The Morgan fingerprint density at radius 1 is 1.47 bits per heavy atom. The van der Waals surface area contributed by atoms with Gasteiger partial charge in [0.05, 0.1) is 17.2 Å².